The summed E-state index contributed by atoms with van der Waals surface area (Å²) in [5, 5.41) is 0. The summed E-state index contributed by atoms with van der Waals surface area (Å²) >= 11 is 0. The van der Waals surface area contributed by atoms with Crippen molar-refractivity contribution < 1.29 is 62.0 Å². The summed E-state index contributed by atoms with van der Waals surface area (Å²) in [6, 6.07) is 0. The van der Waals surface area contributed by atoms with Gasteiger partial charge in [0.25, 0.3) is 0 Å². The van der Waals surface area contributed by atoms with Crippen molar-refractivity contribution >= 4 is 10.4 Å². The number of hydrogen-bond acceptors (Lipinski definition) is 2. The van der Waals surface area contributed by atoms with Crippen molar-refractivity contribution in [1.29, 1.82) is 0 Å². The Morgan fingerprint density at radius 2 is 1.00 bits per heavy atom. The van der Waals surface area contributed by atoms with Crippen molar-refractivity contribution in [3.8, 4) is 0 Å². The summed E-state index contributed by atoms with van der Waals surface area (Å²) < 4.78 is 31.6. The van der Waals surface area contributed by atoms with Crippen molar-refractivity contribution in [2.24, 2.45) is 0 Å². The van der Waals surface area contributed by atoms with Gasteiger partial charge >= 0.3 is 10.4 Å². The van der Waals surface area contributed by atoms with Gasteiger partial charge in [0.15, 0.2) is 0 Å². The van der Waals surface area contributed by atoms with Crippen LogP contribution in [0.25, 0.3) is 0 Å². The standard InChI is InChI=1S/H2O4S.H2O.2Zn/c1-5(2,3)4;;;/h(H2,1,2,3,4);1H2;;. The first-order valence-corrected chi connectivity index (χ1v) is 2.10. The van der Waals surface area contributed by atoms with Crippen LogP contribution >= 0.6 is 0 Å². The Balaban J connectivity index is -0.0000000267. The first kappa shape index (κ1) is 23.0. The predicted octanol–water partition coefficient (Wildman–Crippen LogP) is -1.48. The normalized spacial score (nSPS) is 7.25. The fraction of sp³-hybridized carbons (Fsp3) is 0. The van der Waals surface area contributed by atoms with Gasteiger partial charge in [-0.15, -0.1) is 0 Å². The van der Waals surface area contributed by atoms with Crippen molar-refractivity contribution in [3.63, 3.8) is 0 Å². The summed E-state index contributed by atoms with van der Waals surface area (Å²) in [4.78, 5) is 0. The van der Waals surface area contributed by atoms with E-state index < -0.39 is 10.4 Å². The fourth-order valence-corrected chi connectivity index (χ4v) is 0. The number of hydrogen-bond donors (Lipinski definition) is 2. The molecule has 0 rings (SSSR count). The van der Waals surface area contributed by atoms with Crippen molar-refractivity contribution in [3.05, 3.63) is 0 Å². The quantitative estimate of drug-likeness (QED) is 0.402. The predicted molar refractivity (Wildman–Crippen MR) is 17.8 cm³/mol. The first-order chi connectivity index (χ1) is 2.00. The zero-order chi connectivity index (χ0) is 4.50. The Morgan fingerprint density at radius 1 is 1.00 bits per heavy atom. The third-order valence-electron chi connectivity index (χ3n) is 0. The van der Waals surface area contributed by atoms with Crippen LogP contribution in [0.4, 0.5) is 0 Å². The summed E-state index contributed by atoms with van der Waals surface area (Å²) in [6.07, 6.45) is 0. The zero-order valence-corrected chi connectivity index (χ0v) is 10.8. The molecule has 0 radical (unpaired) electrons. The SMILES string of the molecule is O.O=S(=O)(O)O.[Zn].[Zn]. The van der Waals surface area contributed by atoms with E-state index in [0.717, 1.165) is 0 Å². The Hall–Kier alpha value is 1.08. The molecule has 0 atom stereocenters. The minimum absolute atomic E-state index is 0. The molecule has 0 amide bonds. The largest absolute Gasteiger partial charge is 0.412 e. The average molecular weight is 247 g/mol. The average Bonchev–Trinajstić information content (AvgIpc) is 0.722. The molecule has 44 valence electrons. The van der Waals surface area contributed by atoms with E-state index in [1.54, 1.807) is 0 Å². The van der Waals surface area contributed by atoms with Gasteiger partial charge in [-0.3, -0.25) is 9.11 Å². The second kappa shape index (κ2) is 8.08. The Kier molecular flexibility index (Phi) is 23.2. The molecule has 0 aliphatic carbocycles. The van der Waals surface area contributed by atoms with E-state index in [1.165, 1.54) is 0 Å². The summed E-state index contributed by atoms with van der Waals surface area (Å²) in [5.41, 5.74) is 0. The molecular formula is H4O5SZn2. The van der Waals surface area contributed by atoms with E-state index in [2.05, 4.69) is 0 Å². The maximum atomic E-state index is 8.74. The van der Waals surface area contributed by atoms with E-state index in [1.807, 2.05) is 0 Å². The van der Waals surface area contributed by atoms with E-state index in [0.29, 0.717) is 0 Å². The molecule has 0 spiro atoms. The van der Waals surface area contributed by atoms with Gasteiger partial charge in [0.2, 0.25) is 0 Å². The summed E-state index contributed by atoms with van der Waals surface area (Å²) in [7, 11) is -4.67. The molecule has 8 heavy (non-hydrogen) atoms. The molecule has 0 aliphatic rings. The minimum atomic E-state index is -4.67. The van der Waals surface area contributed by atoms with Crippen LogP contribution in [0.2, 0.25) is 0 Å². The Morgan fingerprint density at radius 3 is 1.00 bits per heavy atom. The second-order valence-corrected chi connectivity index (χ2v) is 1.34. The van der Waals surface area contributed by atoms with Crippen LogP contribution in [-0.2, 0) is 49.4 Å². The molecule has 0 bridgehead atoms. The van der Waals surface area contributed by atoms with Crippen LogP contribution in [-0.4, -0.2) is 23.0 Å². The molecule has 0 saturated carbocycles. The molecule has 0 aromatic heterocycles. The molecule has 0 saturated heterocycles. The van der Waals surface area contributed by atoms with Gasteiger partial charge in [-0.2, -0.15) is 8.42 Å². The van der Waals surface area contributed by atoms with Crippen molar-refractivity contribution in [2.45, 2.75) is 0 Å². The monoisotopic (exact) mass is 244 g/mol. The van der Waals surface area contributed by atoms with Crippen molar-refractivity contribution in [1.82, 2.24) is 0 Å². The minimum Gasteiger partial charge on any atom is -0.412 e. The smallest absolute Gasteiger partial charge is 0.394 e. The van der Waals surface area contributed by atoms with Gasteiger partial charge in [-0.05, 0) is 0 Å². The van der Waals surface area contributed by atoms with Gasteiger partial charge in [-0.1, -0.05) is 0 Å². The molecule has 0 fully saturated rings. The summed E-state index contributed by atoms with van der Waals surface area (Å²) in [6.45, 7) is 0. The van der Waals surface area contributed by atoms with Crippen LogP contribution < -0.4 is 0 Å². The van der Waals surface area contributed by atoms with Gasteiger partial charge in [0.05, 0.1) is 0 Å². The van der Waals surface area contributed by atoms with Crippen LogP contribution in [0.1, 0.15) is 0 Å². The van der Waals surface area contributed by atoms with Crippen LogP contribution in [0, 0.1) is 0 Å². The molecular weight excluding hydrogens is 243 g/mol. The molecule has 8 heteroatoms. The maximum Gasteiger partial charge on any atom is 0.394 e. The second-order valence-electron chi connectivity index (χ2n) is 0.448. The van der Waals surface area contributed by atoms with Crippen LogP contribution in [0.15, 0.2) is 0 Å². The third-order valence-corrected chi connectivity index (χ3v) is 0. The van der Waals surface area contributed by atoms with E-state index in [-0.39, 0.29) is 44.4 Å². The summed E-state index contributed by atoms with van der Waals surface area (Å²) in [5.74, 6) is 0. The van der Waals surface area contributed by atoms with E-state index in [4.69, 9.17) is 17.5 Å². The van der Waals surface area contributed by atoms with Gasteiger partial charge in [0.1, 0.15) is 0 Å². The van der Waals surface area contributed by atoms with Gasteiger partial charge < -0.3 is 5.48 Å². The molecule has 0 heterocycles. The van der Waals surface area contributed by atoms with Gasteiger partial charge in [-0.25, -0.2) is 0 Å². The molecule has 4 N–H and O–H groups in total. The number of rotatable bonds is 0. The van der Waals surface area contributed by atoms with E-state index in [9.17, 15) is 0 Å². The fourth-order valence-electron chi connectivity index (χ4n) is 0. The van der Waals surface area contributed by atoms with E-state index >= 15 is 0 Å². The molecule has 0 unspecified atom stereocenters. The Labute approximate surface area is 72.3 Å². The molecule has 0 aromatic carbocycles. The van der Waals surface area contributed by atoms with Crippen LogP contribution in [0.5, 0.6) is 0 Å². The zero-order valence-electron chi connectivity index (χ0n) is 4.03. The maximum absolute atomic E-state index is 8.74. The molecule has 0 aliphatic heterocycles. The Bertz CT molecular complexity index is 93.6. The third kappa shape index (κ3) is 225. The molecule has 5 nitrogen and oxygen atoms in total. The first-order valence-electron chi connectivity index (χ1n) is 0.698. The molecule has 0 aromatic rings. The van der Waals surface area contributed by atoms with Crippen molar-refractivity contribution in [2.75, 3.05) is 0 Å². The van der Waals surface area contributed by atoms with Crippen LogP contribution in [0.3, 0.4) is 0 Å². The topological polar surface area (TPSA) is 106 Å². The van der Waals surface area contributed by atoms with Gasteiger partial charge in [0, 0.05) is 39.0 Å².